The molecule has 1 fully saturated rings. The van der Waals surface area contributed by atoms with E-state index in [4.69, 9.17) is 4.74 Å². The highest BCUT2D eigenvalue weighted by molar-refractivity contribution is 5.30. The zero-order valence-corrected chi connectivity index (χ0v) is 14.8. The Kier molecular flexibility index (Phi) is 6.27. The number of nitrogens with one attached hydrogen (secondary N) is 1. The van der Waals surface area contributed by atoms with Crippen LogP contribution in [-0.4, -0.2) is 36.2 Å². The van der Waals surface area contributed by atoms with Crippen LogP contribution in [-0.2, 0) is 0 Å². The average molecular weight is 304 g/mol. The van der Waals surface area contributed by atoms with Crippen molar-refractivity contribution in [3.63, 3.8) is 0 Å². The van der Waals surface area contributed by atoms with E-state index in [1.807, 2.05) is 6.07 Å². The van der Waals surface area contributed by atoms with Gasteiger partial charge in [-0.3, -0.25) is 0 Å². The first-order valence-corrected chi connectivity index (χ1v) is 8.72. The predicted octanol–water partition coefficient (Wildman–Crippen LogP) is 4.00. The third kappa shape index (κ3) is 4.99. The number of ether oxygens (including phenoxy) is 1. The minimum atomic E-state index is 0.221. The number of benzene rings is 1. The van der Waals surface area contributed by atoms with Crippen molar-refractivity contribution in [1.29, 1.82) is 0 Å². The van der Waals surface area contributed by atoms with Crippen LogP contribution in [0.2, 0.25) is 0 Å². The second kappa shape index (κ2) is 7.98. The number of hydrogen-bond donors (Lipinski definition) is 1. The number of nitrogens with zero attached hydrogens (tertiary/aromatic N) is 1. The molecule has 3 nitrogen and oxygen atoms in total. The van der Waals surface area contributed by atoms with E-state index in [0.29, 0.717) is 18.1 Å². The van der Waals surface area contributed by atoms with E-state index in [9.17, 15) is 0 Å². The van der Waals surface area contributed by atoms with E-state index in [-0.39, 0.29) is 6.10 Å². The zero-order chi connectivity index (χ0) is 16.1. The molecule has 0 amide bonds. The summed E-state index contributed by atoms with van der Waals surface area (Å²) in [6, 6.07) is 10.1. The van der Waals surface area contributed by atoms with E-state index in [2.05, 4.69) is 63.0 Å². The van der Waals surface area contributed by atoms with Gasteiger partial charge in [-0.1, -0.05) is 12.1 Å². The predicted molar refractivity (Wildman–Crippen MR) is 93.5 cm³/mol. The van der Waals surface area contributed by atoms with Gasteiger partial charge in [0.1, 0.15) is 5.75 Å². The molecule has 0 bridgehead atoms. The van der Waals surface area contributed by atoms with Gasteiger partial charge in [0.25, 0.3) is 0 Å². The molecule has 1 aliphatic heterocycles. The molecule has 1 saturated heterocycles. The molecule has 0 aromatic heterocycles. The van der Waals surface area contributed by atoms with Gasteiger partial charge in [-0.2, -0.15) is 0 Å². The van der Waals surface area contributed by atoms with Gasteiger partial charge in [-0.05, 0) is 78.2 Å². The van der Waals surface area contributed by atoms with Crippen LogP contribution < -0.4 is 10.1 Å². The standard InChI is InChI=1S/C19H32N2O/c1-14(2)21-11-9-18(10-12-21)20-16(5)17-7-6-8-19(13-17)22-15(3)4/h6-8,13-16,18,20H,9-12H2,1-5H3. The minimum absolute atomic E-state index is 0.221. The van der Waals surface area contributed by atoms with Crippen LogP contribution in [0, 0.1) is 0 Å². The van der Waals surface area contributed by atoms with Crippen molar-refractivity contribution in [2.75, 3.05) is 13.1 Å². The molecule has 1 aliphatic rings. The highest BCUT2D eigenvalue weighted by Crippen LogP contribution is 2.22. The fraction of sp³-hybridized carbons (Fsp3) is 0.684. The second-order valence-electron chi connectivity index (χ2n) is 7.03. The molecular formula is C19H32N2O. The van der Waals surface area contributed by atoms with Gasteiger partial charge in [0, 0.05) is 18.1 Å². The topological polar surface area (TPSA) is 24.5 Å². The Bertz CT molecular complexity index is 451. The number of rotatable bonds is 6. The molecule has 1 heterocycles. The second-order valence-corrected chi connectivity index (χ2v) is 7.03. The number of piperidine rings is 1. The first-order chi connectivity index (χ1) is 10.5. The van der Waals surface area contributed by atoms with Crippen LogP contribution in [0.1, 0.15) is 59.1 Å². The maximum Gasteiger partial charge on any atom is 0.120 e. The smallest absolute Gasteiger partial charge is 0.120 e. The Balaban J connectivity index is 1.88. The van der Waals surface area contributed by atoms with E-state index >= 15 is 0 Å². The Morgan fingerprint density at radius 2 is 1.77 bits per heavy atom. The first kappa shape index (κ1) is 17.3. The molecule has 124 valence electrons. The summed E-state index contributed by atoms with van der Waals surface area (Å²) in [5.74, 6) is 0.968. The van der Waals surface area contributed by atoms with Crippen LogP contribution in [0.3, 0.4) is 0 Å². The molecule has 1 atom stereocenters. The molecule has 0 radical (unpaired) electrons. The lowest BCUT2D eigenvalue weighted by Gasteiger charge is -2.36. The van der Waals surface area contributed by atoms with Crippen LogP contribution in [0.25, 0.3) is 0 Å². The third-order valence-electron chi connectivity index (χ3n) is 4.48. The highest BCUT2D eigenvalue weighted by Gasteiger charge is 2.22. The molecule has 1 N–H and O–H groups in total. The van der Waals surface area contributed by atoms with Gasteiger partial charge in [0.05, 0.1) is 6.10 Å². The van der Waals surface area contributed by atoms with Gasteiger partial charge >= 0.3 is 0 Å². The SMILES string of the molecule is CC(C)Oc1cccc(C(C)NC2CCN(C(C)C)CC2)c1. The lowest BCUT2D eigenvalue weighted by atomic mass is 10.0. The molecule has 0 aliphatic carbocycles. The summed E-state index contributed by atoms with van der Waals surface area (Å²) in [7, 11) is 0. The third-order valence-corrected chi connectivity index (χ3v) is 4.48. The van der Waals surface area contributed by atoms with Gasteiger partial charge < -0.3 is 15.0 Å². The summed E-state index contributed by atoms with van der Waals surface area (Å²) >= 11 is 0. The molecule has 3 heteroatoms. The molecule has 22 heavy (non-hydrogen) atoms. The van der Waals surface area contributed by atoms with Crippen LogP contribution in [0.5, 0.6) is 5.75 Å². The van der Waals surface area contributed by atoms with Crippen molar-refractivity contribution in [3.05, 3.63) is 29.8 Å². The summed E-state index contributed by atoms with van der Waals surface area (Å²) < 4.78 is 5.80. The minimum Gasteiger partial charge on any atom is -0.491 e. The van der Waals surface area contributed by atoms with Gasteiger partial charge in [-0.15, -0.1) is 0 Å². The van der Waals surface area contributed by atoms with Crippen LogP contribution in [0.15, 0.2) is 24.3 Å². The lowest BCUT2D eigenvalue weighted by Crippen LogP contribution is -2.45. The van der Waals surface area contributed by atoms with Gasteiger partial charge in [0.15, 0.2) is 0 Å². The summed E-state index contributed by atoms with van der Waals surface area (Å²) in [5.41, 5.74) is 1.31. The summed E-state index contributed by atoms with van der Waals surface area (Å²) in [5, 5.41) is 3.79. The average Bonchev–Trinajstić information content (AvgIpc) is 2.47. The van der Waals surface area contributed by atoms with Gasteiger partial charge in [0.2, 0.25) is 0 Å². The van der Waals surface area contributed by atoms with Crippen molar-refractivity contribution >= 4 is 0 Å². The lowest BCUT2D eigenvalue weighted by molar-refractivity contribution is 0.157. The van der Waals surface area contributed by atoms with Crippen molar-refractivity contribution in [1.82, 2.24) is 10.2 Å². The zero-order valence-electron chi connectivity index (χ0n) is 14.8. The Morgan fingerprint density at radius 1 is 1.09 bits per heavy atom. The number of likely N-dealkylation sites (tertiary alicyclic amines) is 1. The van der Waals surface area contributed by atoms with E-state index in [1.165, 1.54) is 31.5 Å². The molecule has 0 spiro atoms. The van der Waals surface area contributed by atoms with Crippen molar-refractivity contribution in [2.24, 2.45) is 0 Å². The van der Waals surface area contributed by atoms with Crippen molar-refractivity contribution in [2.45, 2.75) is 71.7 Å². The van der Waals surface area contributed by atoms with Crippen molar-refractivity contribution in [3.8, 4) is 5.75 Å². The van der Waals surface area contributed by atoms with Gasteiger partial charge in [-0.25, -0.2) is 0 Å². The maximum atomic E-state index is 5.80. The quantitative estimate of drug-likeness (QED) is 0.860. The maximum absolute atomic E-state index is 5.80. The summed E-state index contributed by atoms with van der Waals surface area (Å²) in [4.78, 5) is 2.57. The molecular weight excluding hydrogens is 272 g/mol. The largest absolute Gasteiger partial charge is 0.491 e. The van der Waals surface area contributed by atoms with Crippen LogP contribution >= 0.6 is 0 Å². The molecule has 1 aromatic carbocycles. The number of hydrogen-bond acceptors (Lipinski definition) is 3. The Hall–Kier alpha value is -1.06. The van der Waals surface area contributed by atoms with E-state index in [1.54, 1.807) is 0 Å². The van der Waals surface area contributed by atoms with E-state index in [0.717, 1.165) is 5.75 Å². The van der Waals surface area contributed by atoms with Crippen molar-refractivity contribution < 1.29 is 4.74 Å². The summed E-state index contributed by atoms with van der Waals surface area (Å²) in [6.07, 6.45) is 2.70. The first-order valence-electron chi connectivity index (χ1n) is 8.72. The molecule has 1 aromatic rings. The fourth-order valence-corrected chi connectivity index (χ4v) is 3.16. The van der Waals surface area contributed by atoms with Crippen LogP contribution in [0.4, 0.5) is 0 Å². The molecule has 1 unspecified atom stereocenters. The highest BCUT2D eigenvalue weighted by atomic mass is 16.5. The molecule has 2 rings (SSSR count). The fourth-order valence-electron chi connectivity index (χ4n) is 3.16. The Morgan fingerprint density at radius 3 is 2.36 bits per heavy atom. The monoisotopic (exact) mass is 304 g/mol. The van der Waals surface area contributed by atoms with E-state index < -0.39 is 0 Å². The molecule has 0 saturated carbocycles. The Labute approximate surface area is 136 Å². The normalized spacial score (nSPS) is 18.9. The summed E-state index contributed by atoms with van der Waals surface area (Å²) in [6.45, 7) is 13.4.